The highest BCUT2D eigenvalue weighted by Gasteiger charge is 2.28. The number of fused-ring (bicyclic) bond motifs is 1. The molecule has 1 saturated carbocycles. The molecule has 0 aliphatic heterocycles. The maximum absolute atomic E-state index is 12.7. The van der Waals surface area contributed by atoms with Gasteiger partial charge in [-0.15, -0.1) is 0 Å². The van der Waals surface area contributed by atoms with Crippen molar-refractivity contribution in [1.82, 2.24) is 9.88 Å². The number of carbonyl (C=O) groups excluding carboxylic acids is 1. The summed E-state index contributed by atoms with van der Waals surface area (Å²) >= 11 is 0. The van der Waals surface area contributed by atoms with Crippen molar-refractivity contribution >= 4 is 28.6 Å². The standard InChI is InChI=1S/C20H27N5O3/c1-24(10-11-28-2)20(27)14-8-9-15-16(12-14)25(18(22)19(26)23-15)17(21)13-6-4-3-5-7-13/h8-9,12-13,21-22H,3-7,10-11H2,1-2H3,(H,23,26,27)/p+1. The Morgan fingerprint density at radius 1 is 1.36 bits per heavy atom. The summed E-state index contributed by atoms with van der Waals surface area (Å²) in [5.74, 6) is 0.209. The molecule has 2 aromatic rings. The van der Waals surface area contributed by atoms with E-state index in [2.05, 4.69) is 4.98 Å². The summed E-state index contributed by atoms with van der Waals surface area (Å²) in [6.07, 6.45) is 5.15. The lowest BCUT2D eigenvalue weighted by Crippen LogP contribution is -2.53. The smallest absolute Gasteiger partial charge is 0.321 e. The molecule has 28 heavy (non-hydrogen) atoms. The zero-order chi connectivity index (χ0) is 20.3. The number of aromatic nitrogens is 2. The molecular weight excluding hydrogens is 358 g/mol. The van der Waals surface area contributed by atoms with Crippen LogP contribution in [0.1, 0.15) is 42.5 Å². The van der Waals surface area contributed by atoms with Gasteiger partial charge in [0.25, 0.3) is 11.7 Å². The van der Waals surface area contributed by atoms with Crippen molar-refractivity contribution in [2.45, 2.75) is 32.1 Å². The van der Waals surface area contributed by atoms with Crippen LogP contribution < -0.4 is 15.9 Å². The number of hydrogen-bond acceptors (Lipinski definition) is 5. The first-order valence-electron chi connectivity index (χ1n) is 9.64. The highest BCUT2D eigenvalue weighted by atomic mass is 16.5. The minimum Gasteiger partial charge on any atom is -0.383 e. The van der Waals surface area contributed by atoms with Gasteiger partial charge < -0.3 is 20.4 Å². The first kappa shape index (κ1) is 20.0. The number of aromatic amines is 1. The van der Waals surface area contributed by atoms with E-state index in [0.717, 1.165) is 25.7 Å². The molecule has 1 aliphatic carbocycles. The second-order valence-corrected chi connectivity index (χ2v) is 7.35. The maximum Gasteiger partial charge on any atom is 0.321 e. The van der Waals surface area contributed by atoms with Gasteiger partial charge in [0, 0.05) is 32.2 Å². The topological polar surface area (TPSA) is 116 Å². The number of carbonyl (C=O) groups is 1. The van der Waals surface area contributed by atoms with E-state index in [1.54, 1.807) is 37.3 Å². The second-order valence-electron chi connectivity index (χ2n) is 7.35. The van der Waals surface area contributed by atoms with Gasteiger partial charge in [0.05, 0.1) is 12.1 Å². The SMILES string of the molecule is COCCN(C)C(=O)c1ccc2[nH]c(=O)c(N)[n+](C(=N)C3CCCCC3)c2c1. The van der Waals surface area contributed by atoms with Crippen LogP contribution in [-0.4, -0.2) is 48.9 Å². The van der Waals surface area contributed by atoms with E-state index >= 15 is 0 Å². The Morgan fingerprint density at radius 3 is 2.75 bits per heavy atom. The third kappa shape index (κ3) is 3.91. The molecule has 0 radical (unpaired) electrons. The van der Waals surface area contributed by atoms with Crippen molar-refractivity contribution in [2.24, 2.45) is 5.92 Å². The largest absolute Gasteiger partial charge is 0.383 e. The molecule has 0 saturated heterocycles. The molecule has 3 rings (SSSR count). The fourth-order valence-electron chi connectivity index (χ4n) is 3.74. The van der Waals surface area contributed by atoms with Crippen molar-refractivity contribution in [3.8, 4) is 0 Å². The molecular formula is C20H28N5O3+. The molecule has 1 aromatic carbocycles. The van der Waals surface area contributed by atoms with Gasteiger partial charge in [-0.25, -0.2) is 0 Å². The number of anilines is 1. The van der Waals surface area contributed by atoms with Crippen LogP contribution >= 0.6 is 0 Å². The summed E-state index contributed by atoms with van der Waals surface area (Å²) in [5.41, 5.74) is 7.24. The summed E-state index contributed by atoms with van der Waals surface area (Å²) in [5, 5.41) is 8.72. The number of H-pyrrole nitrogens is 1. The van der Waals surface area contributed by atoms with Gasteiger partial charge in [-0.3, -0.25) is 9.59 Å². The van der Waals surface area contributed by atoms with Crippen molar-refractivity contribution in [1.29, 1.82) is 5.41 Å². The number of nitrogen functional groups attached to an aromatic ring is 1. The first-order valence-corrected chi connectivity index (χ1v) is 9.64. The third-order valence-electron chi connectivity index (χ3n) is 5.42. The summed E-state index contributed by atoms with van der Waals surface area (Å²) in [7, 11) is 3.30. The monoisotopic (exact) mass is 386 g/mol. The van der Waals surface area contributed by atoms with Gasteiger partial charge in [0.2, 0.25) is 5.84 Å². The predicted octanol–water partition coefficient (Wildman–Crippen LogP) is 1.52. The minimum absolute atomic E-state index is 0.0274. The number of methoxy groups -OCH3 is 1. The van der Waals surface area contributed by atoms with Crippen LogP contribution in [0.15, 0.2) is 23.0 Å². The zero-order valence-electron chi connectivity index (χ0n) is 16.5. The number of nitrogens with zero attached hydrogens (tertiary/aromatic N) is 2. The quantitative estimate of drug-likeness (QED) is 0.410. The summed E-state index contributed by atoms with van der Waals surface area (Å²) in [6, 6.07) is 5.07. The Labute approximate surface area is 163 Å². The normalized spacial score (nSPS) is 14.9. The second kappa shape index (κ2) is 8.52. The van der Waals surface area contributed by atoms with Crippen LogP contribution in [0.25, 0.3) is 11.0 Å². The summed E-state index contributed by atoms with van der Waals surface area (Å²) in [4.78, 5) is 29.4. The molecule has 150 valence electrons. The van der Waals surface area contributed by atoms with Crippen LogP contribution in [0, 0.1) is 11.3 Å². The number of ether oxygens (including phenoxy) is 1. The number of nitrogens with one attached hydrogen (secondary N) is 2. The zero-order valence-corrected chi connectivity index (χ0v) is 16.5. The molecule has 1 fully saturated rings. The lowest BCUT2D eigenvalue weighted by atomic mass is 9.88. The molecule has 0 bridgehead atoms. The Morgan fingerprint density at radius 2 is 2.07 bits per heavy atom. The summed E-state index contributed by atoms with van der Waals surface area (Å²) < 4.78 is 6.54. The Bertz CT molecular complexity index is 947. The van der Waals surface area contributed by atoms with Crippen LogP contribution in [0.3, 0.4) is 0 Å². The van der Waals surface area contributed by atoms with Crippen molar-refractivity contribution in [3.63, 3.8) is 0 Å². The average molecular weight is 386 g/mol. The molecule has 4 N–H and O–H groups in total. The fraction of sp³-hybridized carbons (Fsp3) is 0.500. The van der Waals surface area contributed by atoms with E-state index in [9.17, 15) is 9.59 Å². The fourth-order valence-corrected chi connectivity index (χ4v) is 3.74. The molecule has 0 spiro atoms. The molecule has 1 heterocycles. The number of hydrogen-bond donors (Lipinski definition) is 3. The van der Waals surface area contributed by atoms with Gasteiger partial charge in [-0.1, -0.05) is 19.3 Å². The predicted molar refractivity (Wildman–Crippen MR) is 108 cm³/mol. The van der Waals surface area contributed by atoms with Gasteiger partial charge in [-0.2, -0.15) is 9.98 Å². The van der Waals surface area contributed by atoms with Gasteiger partial charge >= 0.3 is 5.56 Å². The highest BCUT2D eigenvalue weighted by molar-refractivity contribution is 5.97. The number of nitrogens with two attached hydrogens (primary N) is 1. The minimum atomic E-state index is -0.427. The van der Waals surface area contributed by atoms with Crippen LogP contribution in [0.4, 0.5) is 5.82 Å². The van der Waals surface area contributed by atoms with Crippen molar-refractivity contribution in [3.05, 3.63) is 34.1 Å². The van der Waals surface area contributed by atoms with Crippen LogP contribution in [0.2, 0.25) is 0 Å². The number of benzene rings is 1. The average Bonchev–Trinajstić information content (AvgIpc) is 2.72. The van der Waals surface area contributed by atoms with E-state index in [0.29, 0.717) is 35.6 Å². The molecule has 8 heteroatoms. The summed E-state index contributed by atoms with van der Waals surface area (Å²) in [6.45, 7) is 0.918. The Kier molecular flexibility index (Phi) is 6.08. The van der Waals surface area contributed by atoms with Crippen molar-refractivity contribution in [2.75, 3.05) is 33.0 Å². The molecule has 1 aliphatic rings. The van der Waals surface area contributed by atoms with E-state index < -0.39 is 5.56 Å². The van der Waals surface area contributed by atoms with E-state index in [4.69, 9.17) is 15.9 Å². The molecule has 1 aromatic heterocycles. The van der Waals surface area contributed by atoms with Gasteiger partial charge in [0.1, 0.15) is 5.52 Å². The molecule has 8 nitrogen and oxygen atoms in total. The van der Waals surface area contributed by atoms with E-state index in [1.807, 2.05) is 0 Å². The van der Waals surface area contributed by atoms with Crippen molar-refractivity contribution < 1.29 is 14.1 Å². The van der Waals surface area contributed by atoms with E-state index in [-0.39, 0.29) is 17.6 Å². The Balaban J connectivity index is 2.06. The number of amides is 1. The third-order valence-corrected chi connectivity index (χ3v) is 5.42. The van der Waals surface area contributed by atoms with Gasteiger partial charge in [0.15, 0.2) is 0 Å². The molecule has 0 unspecified atom stereocenters. The molecule has 1 amide bonds. The number of likely N-dealkylation sites (N-methyl/N-ethyl adjacent to an activating group) is 1. The molecule has 0 atom stereocenters. The maximum atomic E-state index is 12.7. The number of rotatable bonds is 5. The van der Waals surface area contributed by atoms with Crippen LogP contribution in [-0.2, 0) is 4.74 Å². The lowest BCUT2D eigenvalue weighted by molar-refractivity contribution is -0.517. The first-order chi connectivity index (χ1) is 13.4. The van der Waals surface area contributed by atoms with E-state index in [1.165, 1.54) is 11.0 Å². The van der Waals surface area contributed by atoms with Crippen LogP contribution in [0.5, 0.6) is 0 Å². The lowest BCUT2D eigenvalue weighted by Gasteiger charge is -2.21. The highest BCUT2D eigenvalue weighted by Crippen LogP contribution is 2.24. The van der Waals surface area contributed by atoms with Gasteiger partial charge in [-0.05, 0) is 31.0 Å². The Hall–Kier alpha value is -2.74.